The topological polar surface area (TPSA) is 40.6 Å². The Bertz CT molecular complexity index is 560. The largest absolute Gasteiger partial charge is 0.300 e. The average molecular weight is 322 g/mol. The molecule has 3 rings (SSSR count). The minimum Gasteiger partial charge on any atom is -0.300 e. The molecule has 0 aromatic heterocycles. The molecule has 0 radical (unpaired) electrons. The van der Waals surface area contributed by atoms with Gasteiger partial charge in [0, 0.05) is 38.8 Å². The molecule has 2 aliphatic rings. The van der Waals surface area contributed by atoms with Crippen molar-refractivity contribution < 1.29 is 8.42 Å². The fraction of sp³-hybridized carbons (Fsp3) is 0.647. The molecule has 2 fully saturated rings. The Labute approximate surface area is 134 Å². The van der Waals surface area contributed by atoms with E-state index in [1.807, 2.05) is 6.07 Å². The smallest absolute Gasteiger partial charge is 0.179 e. The first-order valence-corrected chi connectivity index (χ1v) is 10.0. The third-order valence-electron chi connectivity index (χ3n) is 5.03. The Balaban J connectivity index is 1.47. The van der Waals surface area contributed by atoms with Crippen LogP contribution in [0.4, 0.5) is 0 Å². The van der Waals surface area contributed by atoms with E-state index in [0.717, 1.165) is 32.2 Å². The monoisotopic (exact) mass is 322 g/mol. The van der Waals surface area contributed by atoms with Crippen LogP contribution >= 0.6 is 0 Å². The quantitative estimate of drug-likeness (QED) is 0.832. The van der Waals surface area contributed by atoms with Gasteiger partial charge in [-0.1, -0.05) is 31.0 Å². The normalized spacial score (nSPS) is 22.2. The van der Waals surface area contributed by atoms with Gasteiger partial charge < -0.3 is 0 Å². The van der Waals surface area contributed by atoms with Crippen LogP contribution in [0.2, 0.25) is 0 Å². The summed E-state index contributed by atoms with van der Waals surface area (Å²) in [6, 6.07) is 9.58. The van der Waals surface area contributed by atoms with Crippen molar-refractivity contribution in [3.05, 3.63) is 30.3 Å². The van der Waals surface area contributed by atoms with Crippen molar-refractivity contribution in [2.75, 3.05) is 38.5 Å². The molecule has 0 N–H and O–H groups in total. The molecule has 22 heavy (non-hydrogen) atoms. The van der Waals surface area contributed by atoms with Gasteiger partial charge in [0.1, 0.15) is 0 Å². The molecule has 1 aliphatic heterocycles. The zero-order valence-corrected chi connectivity index (χ0v) is 14.0. The maximum absolute atomic E-state index is 12.3. The summed E-state index contributed by atoms with van der Waals surface area (Å²) < 4.78 is 24.6. The van der Waals surface area contributed by atoms with Crippen LogP contribution in [-0.4, -0.2) is 62.7 Å². The SMILES string of the molecule is O=S(=O)(CCN1CCN(C2CCCC2)CC1)c1ccccc1. The molecular formula is C17H26N2O2S. The van der Waals surface area contributed by atoms with Crippen LogP contribution in [0.3, 0.4) is 0 Å². The minimum absolute atomic E-state index is 0.223. The molecule has 4 nitrogen and oxygen atoms in total. The van der Waals surface area contributed by atoms with Crippen LogP contribution in [0.15, 0.2) is 35.2 Å². The summed E-state index contributed by atoms with van der Waals surface area (Å²) in [5.41, 5.74) is 0. The first kappa shape index (κ1) is 16.0. The third kappa shape index (κ3) is 3.89. The van der Waals surface area contributed by atoms with Gasteiger partial charge in [0.05, 0.1) is 10.6 Å². The fourth-order valence-electron chi connectivity index (χ4n) is 3.62. The zero-order valence-electron chi connectivity index (χ0n) is 13.2. The number of nitrogens with zero attached hydrogens (tertiary/aromatic N) is 2. The molecule has 0 spiro atoms. The summed E-state index contributed by atoms with van der Waals surface area (Å²) in [5, 5.41) is 0. The molecule has 0 unspecified atom stereocenters. The standard InChI is InChI=1S/C17H26N2O2S/c20-22(21,17-8-2-1-3-9-17)15-14-18-10-12-19(13-11-18)16-6-4-5-7-16/h1-3,8-9,16H,4-7,10-15H2. The molecule has 1 saturated heterocycles. The van der Waals surface area contributed by atoms with Gasteiger partial charge in [-0.3, -0.25) is 9.80 Å². The maximum Gasteiger partial charge on any atom is 0.179 e. The predicted molar refractivity (Wildman–Crippen MR) is 88.8 cm³/mol. The first-order valence-electron chi connectivity index (χ1n) is 8.39. The van der Waals surface area contributed by atoms with E-state index in [-0.39, 0.29) is 5.75 Å². The number of sulfone groups is 1. The molecular weight excluding hydrogens is 296 g/mol. The van der Waals surface area contributed by atoms with Crippen molar-refractivity contribution in [3.63, 3.8) is 0 Å². The van der Waals surface area contributed by atoms with Gasteiger partial charge in [0.2, 0.25) is 0 Å². The summed E-state index contributed by atoms with van der Waals surface area (Å²) in [5.74, 6) is 0.223. The molecule has 1 aliphatic carbocycles. The molecule has 1 aromatic rings. The van der Waals surface area contributed by atoms with Crippen LogP contribution in [0, 0.1) is 0 Å². The van der Waals surface area contributed by atoms with Gasteiger partial charge in [-0.05, 0) is 25.0 Å². The first-order chi connectivity index (χ1) is 10.6. The van der Waals surface area contributed by atoms with Gasteiger partial charge in [0.25, 0.3) is 0 Å². The molecule has 1 saturated carbocycles. The molecule has 5 heteroatoms. The van der Waals surface area contributed by atoms with Crippen LogP contribution in [0.1, 0.15) is 25.7 Å². The van der Waals surface area contributed by atoms with Crippen molar-refractivity contribution in [2.24, 2.45) is 0 Å². The van der Waals surface area contributed by atoms with E-state index in [2.05, 4.69) is 9.80 Å². The van der Waals surface area contributed by atoms with Crippen LogP contribution in [0.25, 0.3) is 0 Å². The zero-order chi connectivity index (χ0) is 15.4. The number of hydrogen-bond acceptors (Lipinski definition) is 4. The van der Waals surface area contributed by atoms with Crippen LogP contribution < -0.4 is 0 Å². The highest BCUT2D eigenvalue weighted by atomic mass is 32.2. The van der Waals surface area contributed by atoms with E-state index in [0.29, 0.717) is 11.4 Å². The van der Waals surface area contributed by atoms with Gasteiger partial charge in [-0.15, -0.1) is 0 Å². The lowest BCUT2D eigenvalue weighted by Crippen LogP contribution is -2.50. The lowest BCUT2D eigenvalue weighted by atomic mass is 10.2. The third-order valence-corrected chi connectivity index (χ3v) is 6.74. The van der Waals surface area contributed by atoms with E-state index < -0.39 is 9.84 Å². The van der Waals surface area contributed by atoms with E-state index in [9.17, 15) is 8.42 Å². The highest BCUT2D eigenvalue weighted by molar-refractivity contribution is 7.91. The second kappa shape index (κ2) is 7.11. The second-order valence-corrected chi connectivity index (χ2v) is 8.56. The van der Waals surface area contributed by atoms with Crippen molar-refractivity contribution in [1.29, 1.82) is 0 Å². The van der Waals surface area contributed by atoms with Crippen molar-refractivity contribution in [2.45, 2.75) is 36.6 Å². The molecule has 0 amide bonds. The second-order valence-electron chi connectivity index (χ2n) is 6.45. The van der Waals surface area contributed by atoms with Crippen molar-refractivity contribution in [3.8, 4) is 0 Å². The summed E-state index contributed by atoms with van der Waals surface area (Å²) in [7, 11) is -3.14. The predicted octanol–water partition coefficient (Wildman–Crippen LogP) is 2.02. The minimum atomic E-state index is -3.14. The van der Waals surface area contributed by atoms with Gasteiger partial charge in [0.15, 0.2) is 9.84 Å². The van der Waals surface area contributed by atoms with Gasteiger partial charge in [-0.25, -0.2) is 8.42 Å². The fourth-order valence-corrected chi connectivity index (χ4v) is 4.92. The average Bonchev–Trinajstić information content (AvgIpc) is 3.09. The van der Waals surface area contributed by atoms with Crippen LogP contribution in [0.5, 0.6) is 0 Å². The number of piperazine rings is 1. The number of hydrogen-bond donors (Lipinski definition) is 0. The van der Waals surface area contributed by atoms with Gasteiger partial charge >= 0.3 is 0 Å². The summed E-state index contributed by atoms with van der Waals surface area (Å²) in [6.07, 6.45) is 5.45. The molecule has 1 heterocycles. The lowest BCUT2D eigenvalue weighted by molar-refractivity contribution is 0.102. The Morgan fingerprint density at radius 3 is 2.23 bits per heavy atom. The summed E-state index contributed by atoms with van der Waals surface area (Å²) in [6.45, 7) is 4.84. The summed E-state index contributed by atoms with van der Waals surface area (Å²) in [4.78, 5) is 5.35. The highest BCUT2D eigenvalue weighted by Gasteiger charge is 2.26. The Morgan fingerprint density at radius 1 is 0.955 bits per heavy atom. The Hall–Kier alpha value is -0.910. The number of benzene rings is 1. The van der Waals surface area contributed by atoms with E-state index in [1.54, 1.807) is 24.3 Å². The maximum atomic E-state index is 12.3. The van der Waals surface area contributed by atoms with E-state index in [4.69, 9.17) is 0 Å². The van der Waals surface area contributed by atoms with Crippen LogP contribution in [-0.2, 0) is 9.84 Å². The Morgan fingerprint density at radius 2 is 1.59 bits per heavy atom. The van der Waals surface area contributed by atoms with E-state index >= 15 is 0 Å². The summed E-state index contributed by atoms with van der Waals surface area (Å²) >= 11 is 0. The van der Waals surface area contributed by atoms with Gasteiger partial charge in [-0.2, -0.15) is 0 Å². The number of rotatable bonds is 5. The van der Waals surface area contributed by atoms with E-state index in [1.165, 1.54) is 25.7 Å². The molecule has 1 aromatic carbocycles. The van der Waals surface area contributed by atoms with Crippen molar-refractivity contribution >= 4 is 9.84 Å². The lowest BCUT2D eigenvalue weighted by Gasteiger charge is -2.38. The highest BCUT2D eigenvalue weighted by Crippen LogP contribution is 2.24. The molecule has 122 valence electrons. The molecule has 0 bridgehead atoms. The molecule has 0 atom stereocenters. The Kier molecular flexibility index (Phi) is 5.16. The van der Waals surface area contributed by atoms with Crippen molar-refractivity contribution in [1.82, 2.24) is 9.80 Å².